The molecule has 68 valence electrons. The first-order chi connectivity index (χ1) is 5.79. The molecule has 1 heterocycles. The van der Waals surface area contributed by atoms with Crippen LogP contribution in [0, 0.1) is 0 Å². The van der Waals surface area contributed by atoms with Crippen molar-refractivity contribution in [3.8, 4) is 0 Å². The number of hydrogen-bond acceptors (Lipinski definition) is 4. The Morgan fingerprint density at radius 2 is 2.42 bits per heavy atom. The van der Waals surface area contributed by atoms with Crippen molar-refractivity contribution >= 4 is 0 Å². The molecule has 0 spiro atoms. The maximum atomic E-state index is 5.35. The Kier molecular flexibility index (Phi) is 3.28. The van der Waals surface area contributed by atoms with Crippen LogP contribution in [-0.2, 0) is 4.74 Å². The fourth-order valence-electron chi connectivity index (χ4n) is 1.05. The highest BCUT2D eigenvalue weighted by Gasteiger charge is 2.19. The van der Waals surface area contributed by atoms with Crippen molar-refractivity contribution in [3.63, 3.8) is 0 Å². The largest absolute Gasteiger partial charge is 0.468 e. The zero-order chi connectivity index (χ0) is 8.97. The molecule has 1 rings (SSSR count). The summed E-state index contributed by atoms with van der Waals surface area (Å²) >= 11 is 0. The van der Waals surface area contributed by atoms with E-state index in [1.54, 1.807) is 13.4 Å². The van der Waals surface area contributed by atoms with Gasteiger partial charge in [-0.05, 0) is 19.1 Å². The topological polar surface area (TPSA) is 60.4 Å². The van der Waals surface area contributed by atoms with Gasteiger partial charge in [0.15, 0.2) is 0 Å². The molecule has 0 aliphatic carbocycles. The van der Waals surface area contributed by atoms with Gasteiger partial charge in [0, 0.05) is 7.11 Å². The second kappa shape index (κ2) is 4.25. The van der Waals surface area contributed by atoms with E-state index >= 15 is 0 Å². The highest BCUT2D eigenvalue weighted by molar-refractivity contribution is 5.05. The van der Waals surface area contributed by atoms with Crippen molar-refractivity contribution in [1.29, 1.82) is 0 Å². The fraction of sp³-hybridized carbons (Fsp3) is 0.500. The molecule has 0 saturated carbocycles. The van der Waals surface area contributed by atoms with E-state index in [9.17, 15) is 0 Å². The summed E-state index contributed by atoms with van der Waals surface area (Å²) in [6.07, 6.45) is 1.60. The summed E-state index contributed by atoms with van der Waals surface area (Å²) < 4.78 is 10.3. The lowest BCUT2D eigenvalue weighted by Crippen LogP contribution is -2.35. The van der Waals surface area contributed by atoms with E-state index in [0.717, 1.165) is 5.76 Å². The highest BCUT2D eigenvalue weighted by Crippen LogP contribution is 2.17. The van der Waals surface area contributed by atoms with E-state index < -0.39 is 0 Å². The quantitative estimate of drug-likeness (QED) is 0.518. The zero-order valence-corrected chi connectivity index (χ0v) is 7.28. The molecule has 12 heavy (non-hydrogen) atoms. The van der Waals surface area contributed by atoms with Gasteiger partial charge in [0.25, 0.3) is 0 Å². The standard InChI is InChI=1S/C8H14N2O2/c1-6(11-2)8(10-9)7-4-3-5-12-7/h3-6,8,10H,9H2,1-2H3. The average molecular weight is 170 g/mol. The Bertz CT molecular complexity index is 211. The molecule has 0 fully saturated rings. The van der Waals surface area contributed by atoms with Crippen LogP contribution in [0.25, 0.3) is 0 Å². The number of furan rings is 1. The van der Waals surface area contributed by atoms with Gasteiger partial charge in [0.05, 0.1) is 12.4 Å². The summed E-state index contributed by atoms with van der Waals surface area (Å²) in [5, 5.41) is 0. The minimum absolute atomic E-state index is 0.0128. The van der Waals surface area contributed by atoms with E-state index in [0.29, 0.717) is 0 Å². The predicted octanol–water partition coefficient (Wildman–Crippen LogP) is 0.819. The Balaban J connectivity index is 2.69. The molecule has 0 bridgehead atoms. The average Bonchev–Trinajstić information content (AvgIpc) is 2.58. The van der Waals surface area contributed by atoms with Gasteiger partial charge in [0.1, 0.15) is 11.8 Å². The van der Waals surface area contributed by atoms with Gasteiger partial charge in [-0.3, -0.25) is 5.84 Å². The van der Waals surface area contributed by atoms with Crippen LogP contribution in [0.4, 0.5) is 0 Å². The SMILES string of the molecule is COC(C)C(NN)c1ccco1. The molecular formula is C8H14N2O2. The van der Waals surface area contributed by atoms with Crippen molar-refractivity contribution in [2.75, 3.05) is 7.11 Å². The van der Waals surface area contributed by atoms with Gasteiger partial charge < -0.3 is 9.15 Å². The number of hydrazine groups is 1. The van der Waals surface area contributed by atoms with E-state index in [4.69, 9.17) is 15.0 Å². The zero-order valence-electron chi connectivity index (χ0n) is 7.28. The summed E-state index contributed by atoms with van der Waals surface area (Å²) in [4.78, 5) is 0. The van der Waals surface area contributed by atoms with Crippen molar-refractivity contribution in [2.24, 2.45) is 5.84 Å². The summed E-state index contributed by atoms with van der Waals surface area (Å²) in [5.41, 5.74) is 2.64. The van der Waals surface area contributed by atoms with Crippen LogP contribution in [0.1, 0.15) is 18.7 Å². The molecule has 0 amide bonds. The van der Waals surface area contributed by atoms with Crippen LogP contribution >= 0.6 is 0 Å². The molecular weight excluding hydrogens is 156 g/mol. The van der Waals surface area contributed by atoms with Gasteiger partial charge in [-0.1, -0.05) is 0 Å². The van der Waals surface area contributed by atoms with E-state index in [-0.39, 0.29) is 12.1 Å². The van der Waals surface area contributed by atoms with Crippen LogP contribution in [0.2, 0.25) is 0 Å². The third-order valence-corrected chi connectivity index (χ3v) is 1.87. The Morgan fingerprint density at radius 1 is 1.67 bits per heavy atom. The number of ether oxygens (including phenoxy) is 1. The van der Waals surface area contributed by atoms with Crippen LogP contribution in [0.3, 0.4) is 0 Å². The lowest BCUT2D eigenvalue weighted by molar-refractivity contribution is 0.0755. The molecule has 1 aromatic heterocycles. The van der Waals surface area contributed by atoms with Gasteiger partial charge in [-0.2, -0.15) is 0 Å². The van der Waals surface area contributed by atoms with Crippen molar-refractivity contribution < 1.29 is 9.15 Å². The summed E-state index contributed by atoms with van der Waals surface area (Å²) in [6, 6.07) is 3.59. The van der Waals surface area contributed by atoms with Crippen LogP contribution < -0.4 is 11.3 Å². The van der Waals surface area contributed by atoms with Gasteiger partial charge in [0.2, 0.25) is 0 Å². The van der Waals surface area contributed by atoms with E-state index in [1.807, 2.05) is 19.1 Å². The second-order valence-electron chi connectivity index (χ2n) is 2.60. The van der Waals surface area contributed by atoms with Gasteiger partial charge in [-0.25, -0.2) is 5.43 Å². The van der Waals surface area contributed by atoms with Crippen LogP contribution in [-0.4, -0.2) is 13.2 Å². The fourth-order valence-corrected chi connectivity index (χ4v) is 1.05. The first kappa shape index (κ1) is 9.25. The molecule has 0 saturated heterocycles. The van der Waals surface area contributed by atoms with E-state index in [2.05, 4.69) is 5.43 Å². The summed E-state index contributed by atoms with van der Waals surface area (Å²) in [6.45, 7) is 1.92. The van der Waals surface area contributed by atoms with Crippen LogP contribution in [0.5, 0.6) is 0 Å². The maximum absolute atomic E-state index is 5.35. The van der Waals surface area contributed by atoms with Crippen molar-refractivity contribution in [3.05, 3.63) is 24.2 Å². The van der Waals surface area contributed by atoms with Crippen molar-refractivity contribution in [1.82, 2.24) is 5.43 Å². The normalized spacial score (nSPS) is 15.9. The van der Waals surface area contributed by atoms with Gasteiger partial charge in [-0.15, -0.1) is 0 Å². The Morgan fingerprint density at radius 3 is 2.83 bits per heavy atom. The molecule has 0 aliphatic heterocycles. The monoisotopic (exact) mass is 170 g/mol. The van der Waals surface area contributed by atoms with E-state index in [1.165, 1.54) is 0 Å². The lowest BCUT2D eigenvalue weighted by Gasteiger charge is -2.19. The molecule has 0 aromatic carbocycles. The molecule has 3 N–H and O–H groups in total. The number of rotatable bonds is 4. The smallest absolute Gasteiger partial charge is 0.124 e. The minimum Gasteiger partial charge on any atom is -0.468 e. The second-order valence-corrected chi connectivity index (χ2v) is 2.60. The number of nitrogens with two attached hydrogens (primary N) is 1. The van der Waals surface area contributed by atoms with Gasteiger partial charge >= 0.3 is 0 Å². The first-order valence-electron chi connectivity index (χ1n) is 3.82. The molecule has 0 aliphatic rings. The molecule has 4 nitrogen and oxygen atoms in total. The minimum atomic E-state index is -0.0926. The first-order valence-corrected chi connectivity index (χ1v) is 3.82. The highest BCUT2D eigenvalue weighted by atomic mass is 16.5. The lowest BCUT2D eigenvalue weighted by atomic mass is 10.1. The molecule has 4 heteroatoms. The number of nitrogens with one attached hydrogen (secondary N) is 1. The third kappa shape index (κ3) is 1.85. The molecule has 2 atom stereocenters. The summed E-state index contributed by atoms with van der Waals surface area (Å²) in [7, 11) is 1.64. The molecule has 2 unspecified atom stereocenters. The molecule has 0 radical (unpaired) electrons. The number of hydrogen-bond donors (Lipinski definition) is 2. The van der Waals surface area contributed by atoms with Crippen LogP contribution in [0.15, 0.2) is 22.8 Å². The Hall–Kier alpha value is -0.840. The third-order valence-electron chi connectivity index (χ3n) is 1.87. The predicted molar refractivity (Wildman–Crippen MR) is 45.2 cm³/mol. The maximum Gasteiger partial charge on any atom is 0.124 e. The number of methoxy groups -OCH3 is 1. The molecule has 1 aromatic rings. The van der Waals surface area contributed by atoms with Crippen molar-refractivity contribution in [2.45, 2.75) is 19.1 Å². The Labute approximate surface area is 71.7 Å². The summed E-state index contributed by atoms with van der Waals surface area (Å²) in [5.74, 6) is 6.13.